The minimum Gasteiger partial charge on any atom is -0.370 e. The van der Waals surface area contributed by atoms with E-state index in [4.69, 9.17) is 0 Å². The van der Waals surface area contributed by atoms with Crippen LogP contribution in [-0.2, 0) is 0 Å². The summed E-state index contributed by atoms with van der Waals surface area (Å²) in [6, 6.07) is 4.31. The van der Waals surface area contributed by atoms with Gasteiger partial charge >= 0.3 is 0 Å². The average molecular weight is 231 g/mol. The lowest BCUT2D eigenvalue weighted by Crippen LogP contribution is -2.26. The first-order valence-electron chi connectivity index (χ1n) is 6.27. The van der Waals surface area contributed by atoms with E-state index in [1.165, 1.54) is 0 Å². The second-order valence-electron chi connectivity index (χ2n) is 4.34. The fourth-order valence-corrected chi connectivity index (χ4v) is 2.09. The van der Waals surface area contributed by atoms with E-state index < -0.39 is 0 Å². The van der Waals surface area contributed by atoms with E-state index in [9.17, 15) is 5.26 Å². The van der Waals surface area contributed by atoms with Crippen molar-refractivity contribution in [2.75, 3.05) is 18.0 Å². The van der Waals surface area contributed by atoms with Crippen LogP contribution in [0.25, 0.3) is 0 Å². The Morgan fingerprint density at radius 1 is 1.24 bits per heavy atom. The first kappa shape index (κ1) is 13.5. The van der Waals surface area contributed by atoms with Gasteiger partial charge in [-0.15, -0.1) is 0 Å². The highest BCUT2D eigenvalue weighted by atomic mass is 15.1. The standard InChI is InChI=1S/C14H21N3/c1-5-7-17(8-6-2)14-9-11(3)16-12(4)13(14)10-15/h9H,5-8H2,1-4H3. The predicted octanol–water partition coefficient (Wildman–Crippen LogP) is 3.20. The monoisotopic (exact) mass is 231 g/mol. The van der Waals surface area contributed by atoms with Gasteiger partial charge in [-0.3, -0.25) is 4.98 Å². The Morgan fingerprint density at radius 2 is 1.82 bits per heavy atom. The molecule has 0 N–H and O–H groups in total. The van der Waals surface area contributed by atoms with E-state index in [1.54, 1.807) is 0 Å². The number of rotatable bonds is 5. The molecule has 0 amide bonds. The smallest absolute Gasteiger partial charge is 0.103 e. The van der Waals surface area contributed by atoms with Crippen molar-refractivity contribution in [2.24, 2.45) is 0 Å². The van der Waals surface area contributed by atoms with Crippen LogP contribution < -0.4 is 4.90 Å². The molecule has 0 aliphatic rings. The van der Waals surface area contributed by atoms with E-state index in [1.807, 2.05) is 19.9 Å². The largest absolute Gasteiger partial charge is 0.370 e. The lowest BCUT2D eigenvalue weighted by molar-refractivity contribution is 0.742. The zero-order valence-corrected chi connectivity index (χ0v) is 11.2. The lowest BCUT2D eigenvalue weighted by Gasteiger charge is -2.25. The van der Waals surface area contributed by atoms with Crippen molar-refractivity contribution >= 4 is 5.69 Å². The van der Waals surface area contributed by atoms with Gasteiger partial charge < -0.3 is 4.90 Å². The molecule has 1 aromatic heterocycles. The molecular weight excluding hydrogens is 210 g/mol. The molecule has 3 heteroatoms. The molecular formula is C14H21N3. The summed E-state index contributed by atoms with van der Waals surface area (Å²) in [7, 11) is 0. The van der Waals surface area contributed by atoms with Crippen molar-refractivity contribution in [1.29, 1.82) is 5.26 Å². The van der Waals surface area contributed by atoms with E-state index in [0.717, 1.165) is 48.6 Å². The summed E-state index contributed by atoms with van der Waals surface area (Å²) in [4.78, 5) is 6.65. The Hall–Kier alpha value is -1.56. The average Bonchev–Trinajstić information content (AvgIpc) is 2.28. The first-order chi connectivity index (χ1) is 8.13. The van der Waals surface area contributed by atoms with Crippen LogP contribution in [0, 0.1) is 25.2 Å². The maximum Gasteiger partial charge on any atom is 0.103 e. The number of aryl methyl sites for hydroxylation is 2. The molecule has 0 aliphatic heterocycles. The van der Waals surface area contributed by atoms with E-state index in [0.29, 0.717) is 0 Å². The zero-order valence-electron chi connectivity index (χ0n) is 11.2. The highest BCUT2D eigenvalue weighted by Crippen LogP contribution is 2.23. The van der Waals surface area contributed by atoms with Crippen LogP contribution in [0.1, 0.15) is 43.6 Å². The summed E-state index contributed by atoms with van der Waals surface area (Å²) in [6.07, 6.45) is 2.18. The molecule has 0 fully saturated rings. The highest BCUT2D eigenvalue weighted by molar-refractivity contribution is 5.61. The summed E-state index contributed by atoms with van der Waals surface area (Å²) in [5, 5.41) is 9.26. The molecule has 0 aromatic carbocycles. The van der Waals surface area contributed by atoms with Crippen LogP contribution in [0.15, 0.2) is 6.07 Å². The minimum atomic E-state index is 0.720. The van der Waals surface area contributed by atoms with Crippen LogP contribution >= 0.6 is 0 Å². The van der Waals surface area contributed by atoms with Crippen molar-refractivity contribution in [3.63, 3.8) is 0 Å². The number of hydrogen-bond donors (Lipinski definition) is 0. The fourth-order valence-electron chi connectivity index (χ4n) is 2.09. The van der Waals surface area contributed by atoms with Gasteiger partial charge in [-0.1, -0.05) is 13.8 Å². The van der Waals surface area contributed by atoms with Gasteiger partial charge in [0.05, 0.1) is 16.9 Å². The number of pyridine rings is 1. The first-order valence-corrected chi connectivity index (χ1v) is 6.27. The summed E-state index contributed by atoms with van der Waals surface area (Å²) in [5.74, 6) is 0. The lowest BCUT2D eigenvalue weighted by atomic mass is 10.1. The second-order valence-corrected chi connectivity index (χ2v) is 4.34. The van der Waals surface area contributed by atoms with Crippen LogP contribution in [0.2, 0.25) is 0 Å². The van der Waals surface area contributed by atoms with Gasteiger partial charge in [-0.2, -0.15) is 5.26 Å². The van der Waals surface area contributed by atoms with Crippen LogP contribution in [-0.4, -0.2) is 18.1 Å². The predicted molar refractivity (Wildman–Crippen MR) is 71.2 cm³/mol. The normalized spacial score (nSPS) is 10.1. The van der Waals surface area contributed by atoms with Gasteiger partial charge in [-0.05, 0) is 32.8 Å². The Bertz CT molecular complexity index is 412. The van der Waals surface area contributed by atoms with Crippen molar-refractivity contribution in [2.45, 2.75) is 40.5 Å². The molecule has 0 radical (unpaired) electrons. The third kappa shape index (κ3) is 3.20. The SMILES string of the molecule is CCCN(CCC)c1cc(C)nc(C)c1C#N. The quantitative estimate of drug-likeness (QED) is 0.781. The maximum atomic E-state index is 9.26. The molecule has 0 unspecified atom stereocenters. The molecule has 0 saturated heterocycles. The van der Waals surface area contributed by atoms with Crippen LogP contribution in [0.5, 0.6) is 0 Å². The molecule has 0 aliphatic carbocycles. The maximum absolute atomic E-state index is 9.26. The summed E-state index contributed by atoms with van der Waals surface area (Å²) in [5.41, 5.74) is 3.58. The number of nitriles is 1. The number of aromatic nitrogens is 1. The van der Waals surface area contributed by atoms with Crippen molar-refractivity contribution < 1.29 is 0 Å². The highest BCUT2D eigenvalue weighted by Gasteiger charge is 2.13. The fraction of sp³-hybridized carbons (Fsp3) is 0.571. The summed E-state index contributed by atoms with van der Waals surface area (Å²) < 4.78 is 0. The van der Waals surface area contributed by atoms with Gasteiger partial charge in [0.2, 0.25) is 0 Å². The third-order valence-electron chi connectivity index (χ3n) is 2.75. The molecule has 3 nitrogen and oxygen atoms in total. The van der Waals surface area contributed by atoms with Gasteiger partial charge in [-0.25, -0.2) is 0 Å². The molecule has 0 bridgehead atoms. The molecule has 92 valence electrons. The Labute approximate surface area is 104 Å². The molecule has 17 heavy (non-hydrogen) atoms. The molecule has 0 spiro atoms. The van der Waals surface area contributed by atoms with Crippen molar-refractivity contribution in [3.05, 3.63) is 23.0 Å². The molecule has 0 atom stereocenters. The number of nitrogens with zero attached hydrogens (tertiary/aromatic N) is 3. The van der Waals surface area contributed by atoms with E-state index >= 15 is 0 Å². The third-order valence-corrected chi connectivity index (χ3v) is 2.75. The van der Waals surface area contributed by atoms with Gasteiger partial charge in [0.1, 0.15) is 6.07 Å². The molecule has 1 aromatic rings. The van der Waals surface area contributed by atoms with Crippen molar-refractivity contribution in [3.8, 4) is 6.07 Å². The number of anilines is 1. The van der Waals surface area contributed by atoms with E-state index in [-0.39, 0.29) is 0 Å². The van der Waals surface area contributed by atoms with Crippen molar-refractivity contribution in [1.82, 2.24) is 4.98 Å². The van der Waals surface area contributed by atoms with E-state index in [2.05, 4.69) is 29.8 Å². The summed E-state index contributed by atoms with van der Waals surface area (Å²) in [6.45, 7) is 10.2. The Kier molecular flexibility index (Phi) is 4.96. The topological polar surface area (TPSA) is 39.9 Å². The van der Waals surface area contributed by atoms with Gasteiger partial charge in [0.15, 0.2) is 0 Å². The zero-order chi connectivity index (χ0) is 12.8. The van der Waals surface area contributed by atoms with Gasteiger partial charge in [0, 0.05) is 18.8 Å². The molecule has 1 rings (SSSR count). The second kappa shape index (κ2) is 6.24. The van der Waals surface area contributed by atoms with Crippen LogP contribution in [0.4, 0.5) is 5.69 Å². The minimum absolute atomic E-state index is 0.720. The van der Waals surface area contributed by atoms with Gasteiger partial charge in [0.25, 0.3) is 0 Å². The summed E-state index contributed by atoms with van der Waals surface area (Å²) >= 11 is 0. The molecule has 1 heterocycles. The van der Waals surface area contributed by atoms with Crippen LogP contribution in [0.3, 0.4) is 0 Å². The Balaban J connectivity index is 3.21. The molecule has 0 saturated carbocycles. The Morgan fingerprint density at radius 3 is 2.29 bits per heavy atom. The number of hydrogen-bond acceptors (Lipinski definition) is 3.